The summed E-state index contributed by atoms with van der Waals surface area (Å²) in [7, 11) is 0. The predicted molar refractivity (Wildman–Crippen MR) is 96.2 cm³/mol. The average molecular weight is 334 g/mol. The number of hydrogen-bond acceptors (Lipinski definition) is 5. The molecule has 0 saturated heterocycles. The van der Waals surface area contributed by atoms with Crippen LogP contribution in [0.3, 0.4) is 0 Å². The fourth-order valence-electron chi connectivity index (χ4n) is 2.71. The molecule has 118 valence electrons. The molecule has 0 unspecified atom stereocenters. The van der Waals surface area contributed by atoms with E-state index >= 15 is 0 Å². The predicted octanol–water partition coefficient (Wildman–Crippen LogP) is 3.73. The third-order valence-corrected chi connectivity index (χ3v) is 4.85. The van der Waals surface area contributed by atoms with E-state index in [0.29, 0.717) is 21.9 Å². The molecule has 1 N–H and O–H groups in total. The molecule has 0 amide bonds. The maximum atomic E-state index is 12.7. The van der Waals surface area contributed by atoms with E-state index in [9.17, 15) is 4.79 Å². The van der Waals surface area contributed by atoms with Gasteiger partial charge in [-0.25, -0.2) is 15.0 Å². The molecule has 24 heavy (non-hydrogen) atoms. The maximum Gasteiger partial charge on any atom is 0.260 e. The van der Waals surface area contributed by atoms with E-state index < -0.39 is 0 Å². The normalized spacial score (nSPS) is 11.1. The zero-order valence-electron chi connectivity index (χ0n) is 13.2. The Morgan fingerprint density at radius 3 is 2.46 bits per heavy atom. The van der Waals surface area contributed by atoms with Crippen LogP contribution < -0.4 is 5.56 Å². The molecule has 5 nitrogen and oxygen atoms in total. The summed E-state index contributed by atoms with van der Waals surface area (Å²) in [4.78, 5) is 30.2. The van der Waals surface area contributed by atoms with Gasteiger partial charge in [-0.15, -0.1) is 11.3 Å². The number of rotatable bonds is 2. The van der Waals surface area contributed by atoms with Crippen molar-refractivity contribution in [3.05, 3.63) is 63.5 Å². The van der Waals surface area contributed by atoms with Crippen molar-refractivity contribution in [1.82, 2.24) is 19.9 Å². The van der Waals surface area contributed by atoms with Crippen LogP contribution >= 0.6 is 11.3 Å². The molecule has 0 fully saturated rings. The van der Waals surface area contributed by atoms with E-state index in [2.05, 4.69) is 19.9 Å². The van der Waals surface area contributed by atoms with Crippen molar-refractivity contribution < 1.29 is 0 Å². The first-order valence-corrected chi connectivity index (χ1v) is 8.33. The molecular weight excluding hydrogens is 320 g/mol. The minimum atomic E-state index is -0.164. The third-order valence-electron chi connectivity index (χ3n) is 3.86. The molecule has 3 heterocycles. The van der Waals surface area contributed by atoms with Crippen LogP contribution in [0.15, 0.2) is 47.5 Å². The number of benzene rings is 1. The van der Waals surface area contributed by atoms with Crippen molar-refractivity contribution in [2.45, 2.75) is 13.8 Å². The van der Waals surface area contributed by atoms with E-state index in [1.165, 1.54) is 16.9 Å². The topological polar surface area (TPSA) is 71.5 Å². The van der Waals surface area contributed by atoms with Crippen LogP contribution in [0.1, 0.15) is 10.4 Å². The second-order valence-electron chi connectivity index (χ2n) is 5.57. The smallest absolute Gasteiger partial charge is 0.260 e. The van der Waals surface area contributed by atoms with Crippen molar-refractivity contribution >= 4 is 21.6 Å². The van der Waals surface area contributed by atoms with Crippen molar-refractivity contribution in [1.29, 1.82) is 0 Å². The van der Waals surface area contributed by atoms with E-state index in [-0.39, 0.29) is 5.56 Å². The van der Waals surface area contributed by atoms with Crippen LogP contribution in [0, 0.1) is 13.8 Å². The van der Waals surface area contributed by atoms with Crippen LogP contribution in [-0.4, -0.2) is 19.9 Å². The number of nitrogens with zero attached hydrogens (tertiary/aromatic N) is 3. The van der Waals surface area contributed by atoms with Crippen LogP contribution in [0.5, 0.6) is 0 Å². The molecular formula is C18H14N4OS. The van der Waals surface area contributed by atoms with Gasteiger partial charge in [0.15, 0.2) is 11.6 Å². The van der Waals surface area contributed by atoms with Crippen molar-refractivity contribution in [2.24, 2.45) is 0 Å². The van der Waals surface area contributed by atoms with Crippen molar-refractivity contribution in [2.75, 3.05) is 0 Å². The average Bonchev–Trinajstić information content (AvgIpc) is 2.93. The molecule has 0 bridgehead atoms. The molecule has 4 aromatic rings. The molecule has 0 atom stereocenters. The molecule has 1 aromatic carbocycles. The number of nitrogens with one attached hydrogen (secondary N) is 1. The SMILES string of the molecule is Cc1ccc(-c2c(C)sc3nc(-c4ncccn4)[nH]c(=O)c23)cc1. The summed E-state index contributed by atoms with van der Waals surface area (Å²) in [5, 5.41) is 0.626. The van der Waals surface area contributed by atoms with Gasteiger partial charge < -0.3 is 4.98 Å². The van der Waals surface area contributed by atoms with E-state index in [4.69, 9.17) is 0 Å². The van der Waals surface area contributed by atoms with Crippen LogP contribution in [0.25, 0.3) is 33.0 Å². The van der Waals surface area contributed by atoms with E-state index in [1.54, 1.807) is 18.5 Å². The number of H-pyrrole nitrogens is 1. The molecule has 0 radical (unpaired) electrons. The second-order valence-corrected chi connectivity index (χ2v) is 6.77. The van der Waals surface area contributed by atoms with Crippen molar-refractivity contribution in [3.8, 4) is 22.8 Å². The summed E-state index contributed by atoms with van der Waals surface area (Å²) in [5.41, 5.74) is 3.00. The molecule has 0 aliphatic carbocycles. The zero-order valence-corrected chi connectivity index (χ0v) is 14.0. The first-order valence-electron chi connectivity index (χ1n) is 7.51. The lowest BCUT2D eigenvalue weighted by molar-refractivity contribution is 1.08. The van der Waals surface area contributed by atoms with Crippen LogP contribution in [0.4, 0.5) is 0 Å². The summed E-state index contributed by atoms with van der Waals surface area (Å²) in [6.07, 6.45) is 3.26. The fourth-order valence-corrected chi connectivity index (χ4v) is 3.76. The monoisotopic (exact) mass is 334 g/mol. The Morgan fingerprint density at radius 2 is 1.75 bits per heavy atom. The van der Waals surface area contributed by atoms with Crippen LogP contribution in [0.2, 0.25) is 0 Å². The third kappa shape index (κ3) is 2.41. The van der Waals surface area contributed by atoms with Gasteiger partial charge in [-0.1, -0.05) is 29.8 Å². The number of aryl methyl sites for hydroxylation is 2. The Bertz CT molecular complexity index is 1080. The Labute approximate surface area is 142 Å². The highest BCUT2D eigenvalue weighted by Gasteiger charge is 2.17. The van der Waals surface area contributed by atoms with Gasteiger partial charge in [-0.3, -0.25) is 4.79 Å². The first kappa shape index (κ1) is 14.7. The van der Waals surface area contributed by atoms with Gasteiger partial charge in [0, 0.05) is 22.8 Å². The van der Waals surface area contributed by atoms with Gasteiger partial charge in [-0.2, -0.15) is 0 Å². The quantitative estimate of drug-likeness (QED) is 0.606. The van der Waals surface area contributed by atoms with Gasteiger partial charge in [-0.05, 0) is 25.5 Å². The number of hydrogen-bond donors (Lipinski definition) is 1. The Morgan fingerprint density at radius 1 is 1.04 bits per heavy atom. The second kappa shape index (κ2) is 5.65. The lowest BCUT2D eigenvalue weighted by Crippen LogP contribution is -2.10. The summed E-state index contributed by atoms with van der Waals surface area (Å²) < 4.78 is 0. The van der Waals surface area contributed by atoms with E-state index in [1.807, 2.05) is 38.1 Å². The Kier molecular flexibility index (Phi) is 3.46. The largest absolute Gasteiger partial charge is 0.303 e. The molecule has 0 aliphatic rings. The summed E-state index contributed by atoms with van der Waals surface area (Å²) in [6, 6.07) is 9.90. The lowest BCUT2D eigenvalue weighted by atomic mass is 10.0. The van der Waals surface area contributed by atoms with Gasteiger partial charge in [0.1, 0.15) is 4.83 Å². The summed E-state index contributed by atoms with van der Waals surface area (Å²) in [6.45, 7) is 4.06. The molecule has 0 saturated carbocycles. The number of aromatic nitrogens is 4. The summed E-state index contributed by atoms with van der Waals surface area (Å²) >= 11 is 1.51. The van der Waals surface area contributed by atoms with Gasteiger partial charge in [0.2, 0.25) is 0 Å². The van der Waals surface area contributed by atoms with Crippen LogP contribution in [-0.2, 0) is 0 Å². The molecule has 4 rings (SSSR count). The molecule has 3 aromatic heterocycles. The maximum absolute atomic E-state index is 12.7. The lowest BCUT2D eigenvalue weighted by Gasteiger charge is -2.03. The van der Waals surface area contributed by atoms with E-state index in [0.717, 1.165) is 16.0 Å². The van der Waals surface area contributed by atoms with Gasteiger partial charge >= 0.3 is 0 Å². The van der Waals surface area contributed by atoms with Crippen molar-refractivity contribution in [3.63, 3.8) is 0 Å². The van der Waals surface area contributed by atoms with Gasteiger partial charge in [0.25, 0.3) is 5.56 Å². The minimum absolute atomic E-state index is 0.164. The minimum Gasteiger partial charge on any atom is -0.303 e. The fraction of sp³-hybridized carbons (Fsp3) is 0.111. The molecule has 0 spiro atoms. The highest BCUT2D eigenvalue weighted by Crippen LogP contribution is 2.35. The highest BCUT2D eigenvalue weighted by molar-refractivity contribution is 7.19. The number of thiophene rings is 1. The Hall–Kier alpha value is -2.86. The van der Waals surface area contributed by atoms with Gasteiger partial charge in [0.05, 0.1) is 5.39 Å². The summed E-state index contributed by atoms with van der Waals surface area (Å²) in [5.74, 6) is 0.809. The number of aromatic amines is 1. The highest BCUT2D eigenvalue weighted by atomic mass is 32.1. The molecule has 6 heteroatoms. The first-order chi connectivity index (χ1) is 11.6. The zero-order chi connectivity index (χ0) is 16.7. The Balaban J connectivity index is 1.97. The number of fused-ring (bicyclic) bond motifs is 1. The standard InChI is InChI=1S/C18H14N4OS/c1-10-4-6-12(7-5-10)13-11(2)24-18-14(13)17(23)21-16(22-18)15-19-8-3-9-20-15/h3-9H,1-2H3,(H,21,22,23). The molecule has 0 aliphatic heterocycles.